The molecule has 1 amide bonds. The highest BCUT2D eigenvalue weighted by atomic mass is 35.5. The quantitative estimate of drug-likeness (QED) is 0.855. The highest BCUT2D eigenvalue weighted by molar-refractivity contribution is 6.30. The smallest absolute Gasteiger partial charge is 0.269 e. The summed E-state index contributed by atoms with van der Waals surface area (Å²) in [6.45, 7) is 0.335. The van der Waals surface area contributed by atoms with Crippen LogP contribution in [0, 0.1) is 0 Å². The largest absolute Gasteiger partial charge is 0.364 e. The number of primary amides is 1. The summed E-state index contributed by atoms with van der Waals surface area (Å²) in [6, 6.07) is 6.85. The molecule has 0 fully saturated rings. The molecule has 0 atom stereocenters. The molecule has 0 aliphatic rings. The molecule has 1 heterocycles. The molecule has 0 saturated heterocycles. The first kappa shape index (κ1) is 11.6. The van der Waals surface area contributed by atoms with Crippen molar-refractivity contribution < 1.29 is 4.79 Å². The lowest BCUT2D eigenvalue weighted by Crippen LogP contribution is -2.12. The summed E-state index contributed by atoms with van der Waals surface area (Å²) in [5.74, 6) is -0.563. The highest BCUT2D eigenvalue weighted by Crippen LogP contribution is 2.19. The lowest BCUT2D eigenvalue weighted by atomic mass is 10.2. The summed E-state index contributed by atoms with van der Waals surface area (Å²) in [6.07, 6.45) is 1.66. The topological polar surface area (TPSA) is 86.9 Å². The van der Waals surface area contributed by atoms with Crippen LogP contribution in [-0.2, 0) is 6.54 Å². The van der Waals surface area contributed by atoms with Crippen molar-refractivity contribution in [3.63, 3.8) is 0 Å². The third-order valence-electron chi connectivity index (χ3n) is 2.35. The summed E-state index contributed by atoms with van der Waals surface area (Å²) in [4.78, 5) is 11.0. The van der Waals surface area contributed by atoms with Gasteiger partial charge in [0.15, 0.2) is 0 Å². The van der Waals surface area contributed by atoms with Crippen molar-refractivity contribution in [2.45, 2.75) is 6.54 Å². The van der Waals surface area contributed by atoms with Crippen molar-refractivity contribution >= 4 is 17.5 Å². The number of aromatic nitrogens is 2. The number of carbonyl (C=O) groups is 1. The molecule has 1 aromatic heterocycles. The molecule has 0 spiro atoms. The van der Waals surface area contributed by atoms with E-state index >= 15 is 0 Å². The molecule has 0 bridgehead atoms. The molecule has 2 aromatic rings. The van der Waals surface area contributed by atoms with Crippen LogP contribution in [0.4, 0.5) is 0 Å². The first-order valence-corrected chi connectivity index (χ1v) is 5.34. The van der Waals surface area contributed by atoms with E-state index in [2.05, 4.69) is 5.10 Å². The first-order chi connectivity index (χ1) is 8.11. The van der Waals surface area contributed by atoms with Crippen molar-refractivity contribution in [1.82, 2.24) is 9.78 Å². The lowest BCUT2D eigenvalue weighted by Gasteiger charge is -2.07. The minimum Gasteiger partial charge on any atom is -0.364 e. The molecular formula is C11H11ClN4O. The van der Waals surface area contributed by atoms with Gasteiger partial charge in [0.25, 0.3) is 5.91 Å². The van der Waals surface area contributed by atoms with E-state index in [1.165, 1.54) is 0 Å². The fourth-order valence-electron chi connectivity index (χ4n) is 1.53. The van der Waals surface area contributed by atoms with E-state index in [-0.39, 0.29) is 5.69 Å². The van der Waals surface area contributed by atoms with Crippen LogP contribution in [-0.4, -0.2) is 15.7 Å². The van der Waals surface area contributed by atoms with Crippen LogP contribution < -0.4 is 11.5 Å². The van der Waals surface area contributed by atoms with Crippen LogP contribution in [0.15, 0.2) is 30.5 Å². The van der Waals surface area contributed by atoms with E-state index < -0.39 is 5.91 Å². The van der Waals surface area contributed by atoms with Gasteiger partial charge in [-0.1, -0.05) is 11.6 Å². The number of benzene rings is 1. The summed E-state index contributed by atoms with van der Waals surface area (Å²) in [7, 11) is 0. The minimum atomic E-state index is -0.563. The lowest BCUT2D eigenvalue weighted by molar-refractivity contribution is 0.0995. The second-order valence-electron chi connectivity index (χ2n) is 3.49. The molecule has 0 radical (unpaired) electrons. The van der Waals surface area contributed by atoms with Crippen LogP contribution >= 0.6 is 11.6 Å². The van der Waals surface area contributed by atoms with Gasteiger partial charge < -0.3 is 11.5 Å². The van der Waals surface area contributed by atoms with E-state index in [1.807, 2.05) is 0 Å². The molecule has 88 valence electrons. The minimum absolute atomic E-state index is 0.211. The monoisotopic (exact) mass is 250 g/mol. The standard InChI is InChI=1S/C11H11ClN4O/c12-8-1-2-10(7(5-8)6-13)16-4-3-9(15-16)11(14)17/h1-5H,6,13H2,(H2,14,17). The van der Waals surface area contributed by atoms with E-state index in [0.717, 1.165) is 11.3 Å². The van der Waals surface area contributed by atoms with Gasteiger partial charge in [-0.3, -0.25) is 4.79 Å². The Balaban J connectivity index is 2.48. The third-order valence-corrected chi connectivity index (χ3v) is 2.58. The number of hydrogen-bond acceptors (Lipinski definition) is 3. The highest BCUT2D eigenvalue weighted by Gasteiger charge is 2.09. The van der Waals surface area contributed by atoms with Crippen LogP contribution in [0.2, 0.25) is 5.02 Å². The summed E-state index contributed by atoms with van der Waals surface area (Å²) in [5, 5.41) is 4.67. The van der Waals surface area contributed by atoms with Crippen LogP contribution in [0.5, 0.6) is 0 Å². The maximum Gasteiger partial charge on any atom is 0.269 e. The van der Waals surface area contributed by atoms with Gasteiger partial charge in [-0.25, -0.2) is 4.68 Å². The fraction of sp³-hybridized carbons (Fsp3) is 0.0909. The first-order valence-electron chi connectivity index (χ1n) is 4.96. The van der Waals surface area contributed by atoms with Crippen LogP contribution in [0.25, 0.3) is 5.69 Å². The average Bonchev–Trinajstić information content (AvgIpc) is 2.78. The summed E-state index contributed by atoms with van der Waals surface area (Å²) in [5.41, 5.74) is 12.6. The summed E-state index contributed by atoms with van der Waals surface area (Å²) < 4.78 is 1.55. The van der Waals surface area contributed by atoms with Crippen molar-refractivity contribution in [3.8, 4) is 5.69 Å². The van der Waals surface area contributed by atoms with Crippen molar-refractivity contribution in [1.29, 1.82) is 0 Å². The van der Waals surface area contributed by atoms with Crippen molar-refractivity contribution in [2.24, 2.45) is 11.5 Å². The predicted octanol–water partition coefficient (Wildman–Crippen LogP) is 1.08. The van der Waals surface area contributed by atoms with Crippen molar-refractivity contribution in [2.75, 3.05) is 0 Å². The molecule has 4 N–H and O–H groups in total. The SMILES string of the molecule is NCc1cc(Cl)ccc1-n1ccc(C(N)=O)n1. The Bertz CT molecular complexity index is 564. The number of rotatable bonds is 3. The van der Waals surface area contributed by atoms with Gasteiger partial charge in [0.1, 0.15) is 5.69 Å². The molecule has 0 aliphatic heterocycles. The van der Waals surface area contributed by atoms with E-state index in [0.29, 0.717) is 11.6 Å². The van der Waals surface area contributed by atoms with E-state index in [1.54, 1.807) is 35.1 Å². The third kappa shape index (κ3) is 2.30. The van der Waals surface area contributed by atoms with Gasteiger partial charge in [0.2, 0.25) is 0 Å². The fourth-order valence-corrected chi connectivity index (χ4v) is 1.73. The van der Waals surface area contributed by atoms with Crippen LogP contribution in [0.1, 0.15) is 16.1 Å². The van der Waals surface area contributed by atoms with Gasteiger partial charge >= 0.3 is 0 Å². The Kier molecular flexibility index (Phi) is 3.12. The predicted molar refractivity (Wildman–Crippen MR) is 65.0 cm³/mol. The molecule has 17 heavy (non-hydrogen) atoms. The maximum absolute atomic E-state index is 11.0. The van der Waals surface area contributed by atoms with Crippen molar-refractivity contribution in [3.05, 3.63) is 46.7 Å². The Morgan fingerprint density at radius 1 is 1.41 bits per heavy atom. The van der Waals surface area contributed by atoms with E-state index in [9.17, 15) is 4.79 Å². The van der Waals surface area contributed by atoms with Gasteiger partial charge in [-0.2, -0.15) is 5.10 Å². The van der Waals surface area contributed by atoms with Gasteiger partial charge in [0.05, 0.1) is 5.69 Å². The molecular weight excluding hydrogens is 240 g/mol. The van der Waals surface area contributed by atoms with Gasteiger partial charge in [0, 0.05) is 17.8 Å². The molecule has 6 heteroatoms. The molecule has 0 aliphatic carbocycles. The Morgan fingerprint density at radius 3 is 2.76 bits per heavy atom. The second kappa shape index (κ2) is 4.57. The molecule has 1 aromatic carbocycles. The Morgan fingerprint density at radius 2 is 2.18 bits per heavy atom. The number of carbonyl (C=O) groups excluding carboxylic acids is 1. The zero-order valence-corrected chi connectivity index (χ0v) is 9.69. The average molecular weight is 251 g/mol. The zero-order chi connectivity index (χ0) is 12.4. The number of amides is 1. The number of halogens is 1. The molecule has 0 unspecified atom stereocenters. The van der Waals surface area contributed by atoms with Gasteiger partial charge in [-0.15, -0.1) is 0 Å². The number of nitrogens with two attached hydrogens (primary N) is 2. The zero-order valence-electron chi connectivity index (χ0n) is 8.93. The molecule has 5 nitrogen and oxygen atoms in total. The second-order valence-corrected chi connectivity index (χ2v) is 3.92. The molecule has 0 saturated carbocycles. The van der Waals surface area contributed by atoms with Crippen LogP contribution in [0.3, 0.4) is 0 Å². The normalized spacial score (nSPS) is 10.5. The summed E-state index contributed by atoms with van der Waals surface area (Å²) >= 11 is 5.88. The van der Waals surface area contributed by atoms with Gasteiger partial charge in [-0.05, 0) is 29.8 Å². The Labute approximate surface area is 103 Å². The van der Waals surface area contributed by atoms with E-state index in [4.69, 9.17) is 23.1 Å². The Hall–Kier alpha value is -1.85. The maximum atomic E-state index is 11.0. The number of hydrogen-bond donors (Lipinski definition) is 2. The molecule has 2 rings (SSSR count). The number of nitrogens with zero attached hydrogens (tertiary/aromatic N) is 2.